The first-order valence-electron chi connectivity index (χ1n) is 7.03. The van der Waals surface area contributed by atoms with Crippen LogP contribution in [0.1, 0.15) is 37.8 Å². The molecule has 0 radical (unpaired) electrons. The molecule has 2 nitrogen and oxygen atoms in total. The van der Waals surface area contributed by atoms with E-state index in [2.05, 4.69) is 52.7 Å². The van der Waals surface area contributed by atoms with E-state index in [1.165, 1.54) is 39.3 Å². The van der Waals surface area contributed by atoms with Gasteiger partial charge in [-0.2, -0.15) is 0 Å². The minimum Gasteiger partial charge on any atom is -0.346 e. The molecule has 2 aromatic rings. The van der Waals surface area contributed by atoms with E-state index >= 15 is 0 Å². The van der Waals surface area contributed by atoms with E-state index in [1.54, 1.807) is 0 Å². The number of nitrogens with zero attached hydrogens (tertiary/aromatic N) is 1. The third-order valence-corrected chi connectivity index (χ3v) is 4.60. The minimum atomic E-state index is -0.0879. The molecular weight excluding hydrogens is 300 g/mol. The molecule has 19 heavy (non-hydrogen) atoms. The van der Waals surface area contributed by atoms with Gasteiger partial charge in [0.05, 0.1) is 5.52 Å². The zero-order chi connectivity index (χ0) is 13.6. The number of halogens is 1. The standard InChI is InChI=1S/C16H21BrN2/c1-16(2,18)6-5-11-8-12-4-3-7-19-10-14(17)13(9-11)15(12)19/h8-10H,3-7,18H2,1-2H3. The molecule has 1 aliphatic heterocycles. The molecule has 2 N–H and O–H groups in total. The van der Waals surface area contributed by atoms with Gasteiger partial charge in [-0.3, -0.25) is 0 Å². The molecule has 0 saturated carbocycles. The Kier molecular flexibility index (Phi) is 3.22. The summed E-state index contributed by atoms with van der Waals surface area (Å²) in [5.41, 5.74) is 10.4. The summed E-state index contributed by atoms with van der Waals surface area (Å²) < 4.78 is 3.61. The van der Waals surface area contributed by atoms with E-state index in [4.69, 9.17) is 5.73 Å². The predicted molar refractivity (Wildman–Crippen MR) is 84.5 cm³/mol. The lowest BCUT2D eigenvalue weighted by Crippen LogP contribution is -2.32. The van der Waals surface area contributed by atoms with E-state index in [0.717, 1.165) is 19.4 Å². The Balaban J connectivity index is 2.02. The largest absolute Gasteiger partial charge is 0.346 e. The van der Waals surface area contributed by atoms with Crippen molar-refractivity contribution < 1.29 is 0 Å². The van der Waals surface area contributed by atoms with Crippen molar-refractivity contribution in [1.29, 1.82) is 0 Å². The van der Waals surface area contributed by atoms with Crippen molar-refractivity contribution in [1.82, 2.24) is 4.57 Å². The first-order valence-corrected chi connectivity index (χ1v) is 7.82. The van der Waals surface area contributed by atoms with Gasteiger partial charge < -0.3 is 10.3 Å². The Hall–Kier alpha value is -0.800. The Bertz CT molecular complexity index is 620. The van der Waals surface area contributed by atoms with E-state index in [-0.39, 0.29) is 5.54 Å². The molecule has 0 unspecified atom stereocenters. The van der Waals surface area contributed by atoms with Gasteiger partial charge in [0.1, 0.15) is 0 Å². The molecular formula is C16H21BrN2. The van der Waals surface area contributed by atoms with Crippen LogP contribution in [0.3, 0.4) is 0 Å². The molecule has 1 aliphatic rings. The van der Waals surface area contributed by atoms with Crippen LogP contribution < -0.4 is 5.73 Å². The first-order chi connectivity index (χ1) is 8.94. The summed E-state index contributed by atoms with van der Waals surface area (Å²) in [4.78, 5) is 0. The Morgan fingerprint density at radius 3 is 2.89 bits per heavy atom. The molecule has 0 bridgehead atoms. The number of aromatic nitrogens is 1. The highest BCUT2D eigenvalue weighted by atomic mass is 79.9. The molecule has 0 amide bonds. The fraction of sp³-hybridized carbons (Fsp3) is 0.500. The third-order valence-electron chi connectivity index (χ3n) is 3.97. The molecule has 3 rings (SSSR count). The number of nitrogens with two attached hydrogens (primary N) is 1. The number of hydrogen-bond donors (Lipinski definition) is 1. The average molecular weight is 321 g/mol. The van der Waals surface area contributed by atoms with Crippen LogP contribution in [0.2, 0.25) is 0 Å². The smallest absolute Gasteiger partial charge is 0.0524 e. The van der Waals surface area contributed by atoms with Gasteiger partial charge in [-0.25, -0.2) is 0 Å². The lowest BCUT2D eigenvalue weighted by molar-refractivity contribution is 0.477. The predicted octanol–water partition coefficient (Wildman–Crippen LogP) is 4.02. The van der Waals surface area contributed by atoms with Crippen molar-refractivity contribution in [3.8, 4) is 0 Å². The summed E-state index contributed by atoms with van der Waals surface area (Å²) in [6.07, 6.45) is 6.76. The van der Waals surface area contributed by atoms with E-state index in [0.29, 0.717) is 0 Å². The maximum atomic E-state index is 6.10. The Morgan fingerprint density at radius 1 is 1.37 bits per heavy atom. The van der Waals surface area contributed by atoms with Gasteiger partial charge in [-0.05, 0) is 72.7 Å². The number of hydrogen-bond acceptors (Lipinski definition) is 1. The van der Waals surface area contributed by atoms with Crippen molar-refractivity contribution in [3.05, 3.63) is 33.9 Å². The highest BCUT2D eigenvalue weighted by Crippen LogP contribution is 2.34. The molecule has 102 valence electrons. The molecule has 0 saturated heterocycles. The van der Waals surface area contributed by atoms with Crippen LogP contribution in [0.5, 0.6) is 0 Å². The molecule has 1 aromatic heterocycles. The lowest BCUT2D eigenvalue weighted by atomic mass is 9.93. The van der Waals surface area contributed by atoms with Gasteiger partial charge in [0.25, 0.3) is 0 Å². The average Bonchev–Trinajstić information content (AvgIpc) is 2.65. The maximum absolute atomic E-state index is 6.10. The van der Waals surface area contributed by atoms with E-state index in [9.17, 15) is 0 Å². The number of aryl methyl sites for hydroxylation is 3. The normalized spacial score (nSPS) is 15.2. The fourth-order valence-electron chi connectivity index (χ4n) is 2.97. The minimum absolute atomic E-state index is 0.0879. The molecule has 3 heteroatoms. The van der Waals surface area contributed by atoms with E-state index < -0.39 is 0 Å². The van der Waals surface area contributed by atoms with Crippen molar-refractivity contribution >= 4 is 26.8 Å². The SMILES string of the molecule is CC(C)(N)CCc1cc2c3c(c1)c(Br)cn3CCC2. The summed E-state index contributed by atoms with van der Waals surface area (Å²) in [6.45, 7) is 5.34. The van der Waals surface area contributed by atoms with Gasteiger partial charge in [0.15, 0.2) is 0 Å². The second-order valence-electron chi connectivity index (χ2n) is 6.41. The van der Waals surface area contributed by atoms with Crippen LogP contribution in [-0.2, 0) is 19.4 Å². The molecule has 0 atom stereocenters. The second-order valence-corrected chi connectivity index (χ2v) is 7.27. The molecule has 0 aliphatic carbocycles. The monoisotopic (exact) mass is 320 g/mol. The van der Waals surface area contributed by atoms with Gasteiger partial charge in [-0.1, -0.05) is 6.07 Å². The first kappa shape index (κ1) is 13.2. The van der Waals surface area contributed by atoms with Crippen LogP contribution in [-0.4, -0.2) is 10.1 Å². The number of benzene rings is 1. The summed E-state index contributed by atoms with van der Waals surface area (Å²) in [5, 5.41) is 1.36. The van der Waals surface area contributed by atoms with Crippen LogP contribution in [0.25, 0.3) is 10.9 Å². The molecule has 1 aromatic carbocycles. The van der Waals surface area contributed by atoms with E-state index in [1.807, 2.05) is 0 Å². The summed E-state index contributed by atoms with van der Waals surface area (Å²) in [7, 11) is 0. The molecule has 0 spiro atoms. The Morgan fingerprint density at radius 2 is 2.16 bits per heavy atom. The molecule has 2 heterocycles. The quantitative estimate of drug-likeness (QED) is 0.909. The third kappa shape index (κ3) is 2.59. The van der Waals surface area contributed by atoms with Gasteiger partial charge in [-0.15, -0.1) is 0 Å². The van der Waals surface area contributed by atoms with Gasteiger partial charge >= 0.3 is 0 Å². The highest BCUT2D eigenvalue weighted by molar-refractivity contribution is 9.10. The summed E-state index contributed by atoms with van der Waals surface area (Å²) in [5.74, 6) is 0. The Labute approximate surface area is 123 Å². The van der Waals surface area contributed by atoms with Crippen LogP contribution in [0, 0.1) is 0 Å². The van der Waals surface area contributed by atoms with Crippen molar-refractivity contribution in [2.45, 2.75) is 51.6 Å². The zero-order valence-electron chi connectivity index (χ0n) is 11.7. The van der Waals surface area contributed by atoms with Crippen molar-refractivity contribution in [2.24, 2.45) is 5.73 Å². The molecule has 0 fully saturated rings. The van der Waals surface area contributed by atoms with Gasteiger partial charge in [0, 0.05) is 28.1 Å². The number of rotatable bonds is 3. The fourth-order valence-corrected chi connectivity index (χ4v) is 3.52. The van der Waals surface area contributed by atoms with Crippen LogP contribution >= 0.6 is 15.9 Å². The highest BCUT2D eigenvalue weighted by Gasteiger charge is 2.17. The topological polar surface area (TPSA) is 30.9 Å². The lowest BCUT2D eigenvalue weighted by Gasteiger charge is -2.20. The van der Waals surface area contributed by atoms with Crippen LogP contribution in [0.4, 0.5) is 0 Å². The summed E-state index contributed by atoms with van der Waals surface area (Å²) >= 11 is 3.70. The van der Waals surface area contributed by atoms with Crippen LogP contribution in [0.15, 0.2) is 22.8 Å². The second kappa shape index (κ2) is 4.64. The zero-order valence-corrected chi connectivity index (χ0v) is 13.3. The van der Waals surface area contributed by atoms with Crippen molar-refractivity contribution in [3.63, 3.8) is 0 Å². The van der Waals surface area contributed by atoms with Gasteiger partial charge in [0.2, 0.25) is 0 Å². The summed E-state index contributed by atoms with van der Waals surface area (Å²) in [6, 6.07) is 4.71. The van der Waals surface area contributed by atoms with Crippen molar-refractivity contribution in [2.75, 3.05) is 0 Å². The maximum Gasteiger partial charge on any atom is 0.0524 e.